The molecule has 0 rings (SSSR count). The first-order valence-corrected chi connectivity index (χ1v) is 4.15. The first-order valence-electron chi connectivity index (χ1n) is 4.15. The molecule has 66 valence electrons. The van der Waals surface area contributed by atoms with Crippen LogP contribution in [0.3, 0.4) is 0 Å². The maximum Gasteiger partial charge on any atom is 0.141 e. The lowest BCUT2D eigenvalue weighted by Gasteiger charge is -2.18. The molecule has 2 nitrogen and oxygen atoms in total. The number of ketones is 1. The van der Waals surface area contributed by atoms with Crippen molar-refractivity contribution in [3.8, 4) is 0 Å². The van der Waals surface area contributed by atoms with Crippen LogP contribution in [-0.4, -0.2) is 17.5 Å². The molecule has 0 spiro atoms. The lowest BCUT2D eigenvalue weighted by Crippen LogP contribution is -2.27. The fraction of sp³-hybridized carbons (Fsp3) is 0.889. The monoisotopic (exact) mass is 158 g/mol. The first-order chi connectivity index (χ1) is 5.00. The van der Waals surface area contributed by atoms with Crippen LogP contribution in [0.25, 0.3) is 0 Å². The smallest absolute Gasteiger partial charge is 0.141 e. The molecule has 0 saturated heterocycles. The van der Waals surface area contributed by atoms with Crippen molar-refractivity contribution in [3.63, 3.8) is 0 Å². The van der Waals surface area contributed by atoms with Gasteiger partial charge in [0.15, 0.2) is 0 Å². The van der Waals surface area contributed by atoms with Crippen molar-refractivity contribution in [2.45, 2.75) is 27.7 Å². The standard InChI is InChI=1S/C9H18O2/c1-6(2)8(5-10)9(11)7(3)4/h6-8,10H,5H2,1-4H3. The zero-order valence-corrected chi connectivity index (χ0v) is 7.79. The number of Topliss-reactive ketones (excluding diaryl/α,β-unsaturated/α-hetero) is 1. The average Bonchev–Trinajstić information content (AvgIpc) is 1.88. The van der Waals surface area contributed by atoms with Gasteiger partial charge in [0.25, 0.3) is 0 Å². The van der Waals surface area contributed by atoms with Gasteiger partial charge in [-0.05, 0) is 5.92 Å². The van der Waals surface area contributed by atoms with E-state index in [1.54, 1.807) is 0 Å². The van der Waals surface area contributed by atoms with E-state index < -0.39 is 0 Å². The molecule has 1 atom stereocenters. The summed E-state index contributed by atoms with van der Waals surface area (Å²) in [5, 5.41) is 8.89. The van der Waals surface area contributed by atoms with E-state index >= 15 is 0 Å². The molecule has 0 fully saturated rings. The molecule has 0 aromatic rings. The van der Waals surface area contributed by atoms with Gasteiger partial charge in [-0.25, -0.2) is 0 Å². The van der Waals surface area contributed by atoms with Gasteiger partial charge in [-0.15, -0.1) is 0 Å². The molecular formula is C9H18O2. The Morgan fingerprint density at radius 2 is 1.73 bits per heavy atom. The first kappa shape index (κ1) is 10.6. The summed E-state index contributed by atoms with van der Waals surface area (Å²) in [6.45, 7) is 7.64. The molecule has 0 aromatic heterocycles. The van der Waals surface area contributed by atoms with E-state index in [1.165, 1.54) is 0 Å². The summed E-state index contributed by atoms with van der Waals surface area (Å²) in [5.74, 6) is 0.280. The Morgan fingerprint density at radius 3 is 1.82 bits per heavy atom. The van der Waals surface area contributed by atoms with Gasteiger partial charge in [0, 0.05) is 11.8 Å². The van der Waals surface area contributed by atoms with Gasteiger partial charge in [-0.2, -0.15) is 0 Å². The van der Waals surface area contributed by atoms with Crippen LogP contribution < -0.4 is 0 Å². The Kier molecular flexibility index (Phi) is 4.34. The number of carbonyl (C=O) groups is 1. The summed E-state index contributed by atoms with van der Waals surface area (Å²) >= 11 is 0. The van der Waals surface area contributed by atoms with E-state index in [9.17, 15) is 4.79 Å². The Morgan fingerprint density at radius 1 is 1.27 bits per heavy atom. The third kappa shape index (κ3) is 3.02. The summed E-state index contributed by atoms with van der Waals surface area (Å²) < 4.78 is 0. The van der Waals surface area contributed by atoms with Crippen LogP contribution in [-0.2, 0) is 4.79 Å². The lowest BCUT2D eigenvalue weighted by molar-refractivity contribution is -0.128. The molecule has 0 amide bonds. The quantitative estimate of drug-likeness (QED) is 0.672. The summed E-state index contributed by atoms with van der Waals surface area (Å²) in [6.07, 6.45) is 0. The summed E-state index contributed by atoms with van der Waals surface area (Å²) in [6, 6.07) is 0. The van der Waals surface area contributed by atoms with Crippen LogP contribution in [0.5, 0.6) is 0 Å². The number of hydrogen-bond acceptors (Lipinski definition) is 2. The van der Waals surface area contributed by atoms with Crippen molar-refractivity contribution in [2.75, 3.05) is 6.61 Å². The highest BCUT2D eigenvalue weighted by molar-refractivity contribution is 5.83. The van der Waals surface area contributed by atoms with Gasteiger partial charge < -0.3 is 5.11 Å². The summed E-state index contributed by atoms with van der Waals surface area (Å²) in [4.78, 5) is 11.4. The van der Waals surface area contributed by atoms with Crippen LogP contribution in [0.4, 0.5) is 0 Å². The van der Waals surface area contributed by atoms with Gasteiger partial charge in [0.1, 0.15) is 5.78 Å². The van der Waals surface area contributed by atoms with Crippen LogP contribution in [0.15, 0.2) is 0 Å². The van der Waals surface area contributed by atoms with E-state index in [1.807, 2.05) is 27.7 Å². The minimum absolute atomic E-state index is 0.0192. The van der Waals surface area contributed by atoms with E-state index in [-0.39, 0.29) is 30.1 Å². The van der Waals surface area contributed by atoms with Crippen LogP contribution in [0.2, 0.25) is 0 Å². The fourth-order valence-corrected chi connectivity index (χ4v) is 1.06. The third-order valence-electron chi connectivity index (χ3n) is 1.94. The largest absolute Gasteiger partial charge is 0.396 e. The van der Waals surface area contributed by atoms with Crippen LogP contribution >= 0.6 is 0 Å². The van der Waals surface area contributed by atoms with Crippen molar-refractivity contribution in [2.24, 2.45) is 17.8 Å². The SMILES string of the molecule is CC(C)C(=O)C(CO)C(C)C. The van der Waals surface area contributed by atoms with Crippen molar-refractivity contribution >= 4 is 5.78 Å². The van der Waals surface area contributed by atoms with Crippen molar-refractivity contribution < 1.29 is 9.90 Å². The molecule has 11 heavy (non-hydrogen) atoms. The zero-order chi connectivity index (χ0) is 9.02. The Labute approximate surface area is 68.6 Å². The predicted octanol–water partition coefficient (Wildman–Crippen LogP) is 1.48. The van der Waals surface area contributed by atoms with E-state index in [2.05, 4.69) is 0 Å². The van der Waals surface area contributed by atoms with Gasteiger partial charge in [-0.3, -0.25) is 4.79 Å². The molecule has 1 N–H and O–H groups in total. The molecule has 0 aliphatic rings. The molecular weight excluding hydrogens is 140 g/mol. The molecule has 0 saturated carbocycles. The van der Waals surface area contributed by atoms with Gasteiger partial charge >= 0.3 is 0 Å². The van der Waals surface area contributed by atoms with E-state index in [0.29, 0.717) is 0 Å². The number of carbonyl (C=O) groups excluding carboxylic acids is 1. The Bertz CT molecular complexity index is 128. The number of rotatable bonds is 4. The average molecular weight is 158 g/mol. The van der Waals surface area contributed by atoms with Gasteiger partial charge in [0.05, 0.1) is 6.61 Å². The molecule has 0 aromatic carbocycles. The normalized spacial score (nSPS) is 14.1. The topological polar surface area (TPSA) is 37.3 Å². The maximum absolute atomic E-state index is 11.4. The van der Waals surface area contributed by atoms with E-state index in [0.717, 1.165) is 0 Å². The molecule has 0 aliphatic carbocycles. The Balaban J connectivity index is 4.15. The summed E-state index contributed by atoms with van der Waals surface area (Å²) in [7, 11) is 0. The minimum atomic E-state index is -0.171. The second kappa shape index (κ2) is 4.50. The number of hydrogen-bond donors (Lipinski definition) is 1. The van der Waals surface area contributed by atoms with Gasteiger partial charge in [-0.1, -0.05) is 27.7 Å². The molecule has 0 bridgehead atoms. The third-order valence-corrected chi connectivity index (χ3v) is 1.94. The minimum Gasteiger partial charge on any atom is -0.396 e. The van der Waals surface area contributed by atoms with Gasteiger partial charge in [0.2, 0.25) is 0 Å². The summed E-state index contributed by atoms with van der Waals surface area (Å²) in [5.41, 5.74) is 0. The zero-order valence-electron chi connectivity index (χ0n) is 7.79. The maximum atomic E-state index is 11.4. The lowest BCUT2D eigenvalue weighted by atomic mass is 9.87. The Hall–Kier alpha value is -0.370. The molecule has 0 aliphatic heterocycles. The highest BCUT2D eigenvalue weighted by Crippen LogP contribution is 2.15. The second-order valence-electron chi connectivity index (χ2n) is 3.59. The molecule has 0 radical (unpaired) electrons. The predicted molar refractivity (Wildman–Crippen MR) is 45.3 cm³/mol. The van der Waals surface area contributed by atoms with Crippen LogP contribution in [0.1, 0.15) is 27.7 Å². The van der Waals surface area contributed by atoms with E-state index in [4.69, 9.17) is 5.11 Å². The molecule has 0 heterocycles. The highest BCUT2D eigenvalue weighted by Gasteiger charge is 2.22. The number of aliphatic hydroxyl groups excluding tert-OH is 1. The fourth-order valence-electron chi connectivity index (χ4n) is 1.06. The molecule has 2 heteroatoms. The van der Waals surface area contributed by atoms with Crippen molar-refractivity contribution in [3.05, 3.63) is 0 Å². The van der Waals surface area contributed by atoms with Crippen molar-refractivity contribution in [1.82, 2.24) is 0 Å². The molecule has 1 unspecified atom stereocenters. The number of aliphatic hydroxyl groups is 1. The second-order valence-corrected chi connectivity index (χ2v) is 3.59. The van der Waals surface area contributed by atoms with Crippen LogP contribution in [0, 0.1) is 17.8 Å². The highest BCUT2D eigenvalue weighted by atomic mass is 16.3. The van der Waals surface area contributed by atoms with Crippen molar-refractivity contribution in [1.29, 1.82) is 0 Å².